The molecular weight excluding hydrogens is 388 g/mol. The summed E-state index contributed by atoms with van der Waals surface area (Å²) in [6.07, 6.45) is 5.87. The summed E-state index contributed by atoms with van der Waals surface area (Å²) in [6, 6.07) is 8.22. The lowest BCUT2D eigenvalue weighted by molar-refractivity contribution is -0.116. The Morgan fingerprint density at radius 3 is 2.48 bits per heavy atom. The zero-order chi connectivity index (χ0) is 21.5. The topological polar surface area (TPSA) is 48.0 Å². The predicted molar refractivity (Wildman–Crippen MR) is 127 cm³/mol. The van der Waals surface area contributed by atoms with Gasteiger partial charge in [-0.3, -0.25) is 4.79 Å². The molecule has 172 valence electrons. The molecule has 0 saturated carbocycles. The quantitative estimate of drug-likeness (QED) is 0.722. The van der Waals surface area contributed by atoms with E-state index >= 15 is 0 Å². The molecule has 3 aliphatic heterocycles. The largest absolute Gasteiger partial charge is 0.378 e. The summed E-state index contributed by atoms with van der Waals surface area (Å²) in [4.78, 5) is 20.0. The lowest BCUT2D eigenvalue weighted by Gasteiger charge is -2.37. The number of rotatable bonds is 7. The Morgan fingerprint density at radius 1 is 1.00 bits per heavy atom. The van der Waals surface area contributed by atoms with E-state index in [9.17, 15) is 4.79 Å². The lowest BCUT2D eigenvalue weighted by Crippen LogP contribution is -2.43. The first-order valence-corrected chi connectivity index (χ1v) is 12.3. The number of hydrogen-bond acceptors (Lipinski definition) is 5. The Hall–Kier alpha value is -1.63. The first-order valence-electron chi connectivity index (χ1n) is 12.3. The molecular formula is C25H40N4O2. The van der Waals surface area contributed by atoms with Crippen LogP contribution < -0.4 is 10.2 Å². The third-order valence-electron chi connectivity index (χ3n) is 7.18. The van der Waals surface area contributed by atoms with E-state index in [-0.39, 0.29) is 5.91 Å². The lowest BCUT2D eigenvalue weighted by atomic mass is 9.94. The highest BCUT2D eigenvalue weighted by Crippen LogP contribution is 2.22. The van der Waals surface area contributed by atoms with E-state index in [1.165, 1.54) is 51.0 Å². The minimum Gasteiger partial charge on any atom is -0.378 e. The number of benzene rings is 1. The van der Waals surface area contributed by atoms with Crippen LogP contribution in [-0.4, -0.2) is 81.3 Å². The number of amides is 1. The van der Waals surface area contributed by atoms with Gasteiger partial charge in [-0.25, -0.2) is 0 Å². The number of likely N-dealkylation sites (tertiary alicyclic amines) is 2. The summed E-state index contributed by atoms with van der Waals surface area (Å²) in [7, 11) is 0. The minimum atomic E-state index is 0.117. The Morgan fingerprint density at radius 2 is 1.74 bits per heavy atom. The highest BCUT2D eigenvalue weighted by molar-refractivity contribution is 5.91. The molecule has 4 rings (SSSR count). The van der Waals surface area contributed by atoms with Crippen LogP contribution in [0.25, 0.3) is 0 Å². The van der Waals surface area contributed by atoms with Crippen molar-refractivity contribution in [1.29, 1.82) is 0 Å². The molecule has 3 aliphatic rings. The third kappa shape index (κ3) is 6.93. The molecule has 31 heavy (non-hydrogen) atoms. The van der Waals surface area contributed by atoms with E-state index in [4.69, 9.17) is 4.74 Å². The van der Waals surface area contributed by atoms with E-state index in [2.05, 4.69) is 39.1 Å². The van der Waals surface area contributed by atoms with Gasteiger partial charge in [0, 0.05) is 50.5 Å². The molecule has 0 aliphatic carbocycles. The van der Waals surface area contributed by atoms with Crippen LogP contribution in [0.4, 0.5) is 11.4 Å². The fourth-order valence-electron chi connectivity index (χ4n) is 5.17. The summed E-state index contributed by atoms with van der Waals surface area (Å²) in [5.74, 6) is 1.78. The van der Waals surface area contributed by atoms with Crippen LogP contribution in [0.3, 0.4) is 0 Å². The second-order valence-corrected chi connectivity index (χ2v) is 9.74. The zero-order valence-corrected chi connectivity index (χ0v) is 19.2. The van der Waals surface area contributed by atoms with Crippen LogP contribution in [0.2, 0.25) is 0 Å². The van der Waals surface area contributed by atoms with E-state index < -0.39 is 0 Å². The third-order valence-corrected chi connectivity index (χ3v) is 7.18. The smallest absolute Gasteiger partial charge is 0.225 e. The first-order chi connectivity index (χ1) is 15.2. The number of nitrogens with one attached hydrogen (secondary N) is 1. The van der Waals surface area contributed by atoms with Gasteiger partial charge in [0.25, 0.3) is 0 Å². The van der Waals surface area contributed by atoms with Gasteiger partial charge in [-0.15, -0.1) is 0 Å². The van der Waals surface area contributed by atoms with Gasteiger partial charge >= 0.3 is 0 Å². The summed E-state index contributed by atoms with van der Waals surface area (Å²) in [5.41, 5.74) is 2.08. The van der Waals surface area contributed by atoms with E-state index in [1.807, 2.05) is 12.1 Å². The second-order valence-electron chi connectivity index (χ2n) is 9.74. The first kappa shape index (κ1) is 22.6. The molecule has 1 amide bonds. The summed E-state index contributed by atoms with van der Waals surface area (Å²) >= 11 is 0. The van der Waals surface area contributed by atoms with Crippen LogP contribution in [-0.2, 0) is 9.53 Å². The average molecular weight is 429 g/mol. The number of ether oxygens (including phenoxy) is 1. The molecule has 1 N–H and O–H groups in total. The average Bonchev–Trinajstić information content (AvgIpc) is 2.81. The van der Waals surface area contributed by atoms with Gasteiger partial charge in [0.2, 0.25) is 5.91 Å². The van der Waals surface area contributed by atoms with Crippen molar-refractivity contribution in [3.05, 3.63) is 24.3 Å². The van der Waals surface area contributed by atoms with Gasteiger partial charge in [0.05, 0.1) is 13.2 Å². The van der Waals surface area contributed by atoms with Crippen molar-refractivity contribution in [2.24, 2.45) is 11.8 Å². The van der Waals surface area contributed by atoms with E-state index in [1.54, 1.807) is 0 Å². The fraction of sp³-hybridized carbons (Fsp3) is 0.720. The van der Waals surface area contributed by atoms with Crippen molar-refractivity contribution >= 4 is 17.3 Å². The Bertz CT molecular complexity index is 681. The van der Waals surface area contributed by atoms with Gasteiger partial charge < -0.3 is 24.8 Å². The number of piperidine rings is 2. The molecule has 3 saturated heterocycles. The van der Waals surface area contributed by atoms with Crippen molar-refractivity contribution in [2.75, 3.05) is 75.8 Å². The molecule has 0 aromatic heterocycles. The maximum atomic E-state index is 12.5. The van der Waals surface area contributed by atoms with Crippen LogP contribution in [0, 0.1) is 11.8 Å². The van der Waals surface area contributed by atoms with Gasteiger partial charge in [-0.2, -0.15) is 0 Å². The van der Waals surface area contributed by atoms with Crippen molar-refractivity contribution < 1.29 is 9.53 Å². The van der Waals surface area contributed by atoms with Gasteiger partial charge in [-0.1, -0.05) is 6.92 Å². The highest BCUT2D eigenvalue weighted by atomic mass is 16.5. The molecule has 6 heteroatoms. The Labute approximate surface area is 187 Å². The van der Waals surface area contributed by atoms with Gasteiger partial charge in [0.15, 0.2) is 0 Å². The molecule has 0 radical (unpaired) electrons. The summed E-state index contributed by atoms with van der Waals surface area (Å²) in [6.45, 7) is 12.7. The van der Waals surface area contributed by atoms with E-state index in [0.29, 0.717) is 6.42 Å². The Kier molecular flexibility index (Phi) is 8.22. The summed E-state index contributed by atoms with van der Waals surface area (Å²) < 4.78 is 5.42. The molecule has 3 fully saturated rings. The van der Waals surface area contributed by atoms with Gasteiger partial charge in [0.1, 0.15) is 0 Å². The fourth-order valence-corrected chi connectivity index (χ4v) is 5.17. The molecule has 6 nitrogen and oxygen atoms in total. The standard InChI is InChI=1S/C25H40N4O2/c1-21-8-12-28(13-9-21)20-22-3-2-11-27(19-22)14-10-25(30)26-23-4-6-24(7-5-23)29-15-17-31-18-16-29/h4-7,21-22H,2-3,8-20H2,1H3,(H,26,30). The van der Waals surface area contributed by atoms with Crippen molar-refractivity contribution in [2.45, 2.75) is 39.0 Å². The van der Waals surface area contributed by atoms with E-state index in [0.717, 1.165) is 63.5 Å². The number of carbonyl (C=O) groups is 1. The van der Waals surface area contributed by atoms with Crippen LogP contribution in [0.15, 0.2) is 24.3 Å². The highest BCUT2D eigenvalue weighted by Gasteiger charge is 2.24. The van der Waals surface area contributed by atoms with Crippen LogP contribution >= 0.6 is 0 Å². The number of carbonyl (C=O) groups excluding carboxylic acids is 1. The molecule has 1 aromatic carbocycles. The van der Waals surface area contributed by atoms with Gasteiger partial charge in [-0.05, 0) is 81.4 Å². The molecule has 3 heterocycles. The molecule has 1 aromatic rings. The van der Waals surface area contributed by atoms with Crippen molar-refractivity contribution in [1.82, 2.24) is 9.80 Å². The normalized spacial score (nSPS) is 24.3. The van der Waals surface area contributed by atoms with Crippen molar-refractivity contribution in [3.8, 4) is 0 Å². The summed E-state index contributed by atoms with van der Waals surface area (Å²) in [5, 5.41) is 3.08. The zero-order valence-electron chi connectivity index (χ0n) is 19.2. The SMILES string of the molecule is CC1CCN(CC2CCCN(CCC(=O)Nc3ccc(N4CCOCC4)cc3)C2)CC1. The molecule has 1 atom stereocenters. The predicted octanol–water partition coefficient (Wildman–Crippen LogP) is 3.30. The van der Waals surface area contributed by atoms with Crippen molar-refractivity contribution in [3.63, 3.8) is 0 Å². The maximum Gasteiger partial charge on any atom is 0.225 e. The minimum absolute atomic E-state index is 0.117. The maximum absolute atomic E-state index is 12.5. The van der Waals surface area contributed by atoms with Crippen LogP contribution in [0.1, 0.15) is 39.0 Å². The number of morpholine rings is 1. The Balaban J connectivity index is 1.17. The number of anilines is 2. The molecule has 0 bridgehead atoms. The molecule has 1 unspecified atom stereocenters. The monoisotopic (exact) mass is 428 g/mol. The number of hydrogen-bond donors (Lipinski definition) is 1. The van der Waals surface area contributed by atoms with Crippen LogP contribution in [0.5, 0.6) is 0 Å². The second kappa shape index (κ2) is 11.3. The molecule has 0 spiro atoms. The number of nitrogens with zero attached hydrogens (tertiary/aromatic N) is 3.